The summed E-state index contributed by atoms with van der Waals surface area (Å²) in [7, 11) is 0. The number of hydrogen-bond acceptors (Lipinski definition) is 2. The number of hydrogen-bond donors (Lipinski definition) is 1. The molecule has 1 saturated carbocycles. The summed E-state index contributed by atoms with van der Waals surface area (Å²) in [6.45, 7) is 5.44. The second kappa shape index (κ2) is 6.17. The van der Waals surface area contributed by atoms with Crippen molar-refractivity contribution in [2.45, 2.75) is 64.5 Å². The minimum atomic E-state index is 0.490. The fraction of sp³-hybridized carbons (Fsp3) is 0.667. The summed E-state index contributed by atoms with van der Waals surface area (Å²) in [6, 6.07) is 7.92. The van der Waals surface area contributed by atoms with E-state index in [2.05, 4.69) is 37.4 Å². The van der Waals surface area contributed by atoms with E-state index in [4.69, 9.17) is 4.74 Å². The van der Waals surface area contributed by atoms with Gasteiger partial charge < -0.3 is 10.1 Å². The van der Waals surface area contributed by atoms with Gasteiger partial charge in [0.25, 0.3) is 0 Å². The maximum atomic E-state index is 5.61. The number of rotatable bonds is 7. The predicted molar refractivity (Wildman–Crippen MR) is 83.2 cm³/mol. The van der Waals surface area contributed by atoms with Crippen LogP contribution < -0.4 is 10.1 Å². The van der Waals surface area contributed by atoms with Crippen LogP contribution in [0.25, 0.3) is 0 Å². The summed E-state index contributed by atoms with van der Waals surface area (Å²) in [4.78, 5) is 0. The van der Waals surface area contributed by atoms with E-state index >= 15 is 0 Å². The predicted octanol–water partition coefficient (Wildman–Crippen LogP) is 4.24. The molecule has 0 radical (unpaired) electrons. The highest BCUT2D eigenvalue weighted by Gasteiger charge is 2.26. The van der Waals surface area contributed by atoms with E-state index in [1.165, 1.54) is 36.8 Å². The maximum absolute atomic E-state index is 5.61. The summed E-state index contributed by atoms with van der Waals surface area (Å²) >= 11 is 0. The lowest BCUT2D eigenvalue weighted by Gasteiger charge is -2.25. The number of benzene rings is 1. The fourth-order valence-corrected chi connectivity index (χ4v) is 3.27. The lowest BCUT2D eigenvalue weighted by molar-refractivity contribution is 0.356. The molecule has 0 bridgehead atoms. The number of fused-ring (bicyclic) bond motifs is 1. The van der Waals surface area contributed by atoms with Crippen molar-refractivity contribution in [2.75, 3.05) is 6.61 Å². The molecule has 1 heterocycles. The molecule has 20 heavy (non-hydrogen) atoms. The van der Waals surface area contributed by atoms with Crippen molar-refractivity contribution in [3.8, 4) is 5.75 Å². The molecule has 2 aliphatic rings. The molecule has 0 amide bonds. The van der Waals surface area contributed by atoms with Crippen LogP contribution >= 0.6 is 0 Å². The highest BCUT2D eigenvalue weighted by Crippen LogP contribution is 2.35. The van der Waals surface area contributed by atoms with Crippen molar-refractivity contribution in [1.82, 2.24) is 5.32 Å². The van der Waals surface area contributed by atoms with Crippen LogP contribution in [0.15, 0.2) is 18.2 Å². The first kappa shape index (κ1) is 13.9. The van der Waals surface area contributed by atoms with Gasteiger partial charge in [0.1, 0.15) is 5.75 Å². The number of nitrogens with one attached hydrogen (secondary N) is 1. The lowest BCUT2D eigenvalue weighted by atomic mass is 9.98. The van der Waals surface area contributed by atoms with Crippen molar-refractivity contribution in [2.24, 2.45) is 5.92 Å². The van der Waals surface area contributed by atoms with Gasteiger partial charge in [0, 0.05) is 18.5 Å². The van der Waals surface area contributed by atoms with Crippen LogP contribution in [0.5, 0.6) is 5.75 Å². The van der Waals surface area contributed by atoms with Crippen molar-refractivity contribution < 1.29 is 4.74 Å². The molecule has 1 aliphatic heterocycles. The Morgan fingerprint density at radius 2 is 2.10 bits per heavy atom. The molecule has 3 rings (SSSR count). The molecule has 0 spiro atoms. The second-order valence-corrected chi connectivity index (χ2v) is 6.38. The van der Waals surface area contributed by atoms with Crippen molar-refractivity contribution >= 4 is 0 Å². The third-order valence-corrected chi connectivity index (χ3v) is 4.77. The second-order valence-electron chi connectivity index (χ2n) is 6.38. The molecule has 0 aromatic heterocycles. The molecule has 2 nitrogen and oxygen atoms in total. The van der Waals surface area contributed by atoms with Gasteiger partial charge in [0.2, 0.25) is 0 Å². The van der Waals surface area contributed by atoms with Crippen LogP contribution in [0.3, 0.4) is 0 Å². The van der Waals surface area contributed by atoms with Crippen LogP contribution in [-0.2, 0) is 6.42 Å². The Hall–Kier alpha value is -1.02. The lowest BCUT2D eigenvalue weighted by Crippen LogP contribution is -2.32. The summed E-state index contributed by atoms with van der Waals surface area (Å²) < 4.78 is 5.61. The van der Waals surface area contributed by atoms with Crippen molar-refractivity contribution in [3.05, 3.63) is 29.3 Å². The van der Waals surface area contributed by atoms with Gasteiger partial charge in [-0.2, -0.15) is 0 Å². The molecule has 2 heteroatoms. The SMILES string of the molecule is CCC(CC1CC1)NC(CC)c1ccc2c(c1)CCO2. The van der Waals surface area contributed by atoms with Gasteiger partial charge in [-0.3, -0.25) is 0 Å². The molecule has 2 atom stereocenters. The van der Waals surface area contributed by atoms with E-state index in [-0.39, 0.29) is 0 Å². The van der Waals surface area contributed by atoms with Gasteiger partial charge in [-0.25, -0.2) is 0 Å². The summed E-state index contributed by atoms with van der Waals surface area (Å²) in [5.41, 5.74) is 2.82. The highest BCUT2D eigenvalue weighted by atomic mass is 16.5. The summed E-state index contributed by atoms with van der Waals surface area (Å²) in [6.07, 6.45) is 7.72. The molecule has 1 aromatic carbocycles. The molecule has 2 unspecified atom stereocenters. The standard InChI is InChI=1S/C18H27NO/c1-3-16(11-13-5-6-13)19-17(4-2)14-7-8-18-15(12-14)9-10-20-18/h7-8,12-13,16-17,19H,3-6,9-11H2,1-2H3. The first-order valence-corrected chi connectivity index (χ1v) is 8.31. The minimum absolute atomic E-state index is 0.490. The van der Waals surface area contributed by atoms with E-state index in [0.29, 0.717) is 12.1 Å². The Morgan fingerprint density at radius 1 is 1.25 bits per heavy atom. The largest absolute Gasteiger partial charge is 0.493 e. The Labute approximate surface area is 122 Å². The van der Waals surface area contributed by atoms with E-state index in [1.54, 1.807) is 0 Å². The van der Waals surface area contributed by atoms with E-state index in [1.807, 2.05) is 0 Å². The average molecular weight is 273 g/mol. The van der Waals surface area contributed by atoms with Gasteiger partial charge in [-0.1, -0.05) is 38.8 Å². The van der Waals surface area contributed by atoms with Gasteiger partial charge >= 0.3 is 0 Å². The van der Waals surface area contributed by atoms with Crippen LogP contribution in [0, 0.1) is 5.92 Å². The molecule has 1 aromatic rings. The molecule has 0 saturated heterocycles. The van der Waals surface area contributed by atoms with Crippen molar-refractivity contribution in [3.63, 3.8) is 0 Å². The zero-order chi connectivity index (χ0) is 13.9. The van der Waals surface area contributed by atoms with Crippen LogP contribution in [-0.4, -0.2) is 12.6 Å². The average Bonchev–Trinajstić information content (AvgIpc) is 3.17. The molecular weight excluding hydrogens is 246 g/mol. The van der Waals surface area contributed by atoms with Crippen LogP contribution in [0.1, 0.15) is 63.1 Å². The normalized spacial score (nSPS) is 20.3. The molecule has 1 aliphatic carbocycles. The maximum Gasteiger partial charge on any atom is 0.122 e. The van der Waals surface area contributed by atoms with E-state index < -0.39 is 0 Å². The van der Waals surface area contributed by atoms with Crippen molar-refractivity contribution in [1.29, 1.82) is 0 Å². The Balaban J connectivity index is 1.68. The minimum Gasteiger partial charge on any atom is -0.493 e. The molecular formula is C18H27NO. The molecule has 1 fully saturated rings. The molecule has 1 N–H and O–H groups in total. The molecule has 110 valence electrons. The van der Waals surface area contributed by atoms with E-state index in [9.17, 15) is 0 Å². The quantitative estimate of drug-likeness (QED) is 0.802. The number of ether oxygens (including phenoxy) is 1. The zero-order valence-electron chi connectivity index (χ0n) is 12.8. The Bertz CT molecular complexity index is 453. The third-order valence-electron chi connectivity index (χ3n) is 4.77. The van der Waals surface area contributed by atoms with Gasteiger partial charge in [0.15, 0.2) is 0 Å². The van der Waals surface area contributed by atoms with E-state index in [0.717, 1.165) is 31.1 Å². The smallest absolute Gasteiger partial charge is 0.122 e. The Kier molecular flexibility index (Phi) is 4.30. The monoisotopic (exact) mass is 273 g/mol. The first-order valence-electron chi connectivity index (χ1n) is 8.31. The van der Waals surface area contributed by atoms with Gasteiger partial charge in [-0.15, -0.1) is 0 Å². The van der Waals surface area contributed by atoms with Gasteiger partial charge in [-0.05, 0) is 42.4 Å². The van der Waals surface area contributed by atoms with Gasteiger partial charge in [0.05, 0.1) is 6.61 Å². The summed E-state index contributed by atoms with van der Waals surface area (Å²) in [5.74, 6) is 2.09. The fourth-order valence-electron chi connectivity index (χ4n) is 3.27. The third kappa shape index (κ3) is 3.17. The Morgan fingerprint density at radius 3 is 2.80 bits per heavy atom. The van der Waals surface area contributed by atoms with Crippen LogP contribution in [0.4, 0.5) is 0 Å². The first-order chi connectivity index (χ1) is 9.80. The zero-order valence-corrected chi connectivity index (χ0v) is 12.8. The summed E-state index contributed by atoms with van der Waals surface area (Å²) in [5, 5.41) is 3.89. The topological polar surface area (TPSA) is 21.3 Å². The highest BCUT2D eigenvalue weighted by molar-refractivity contribution is 5.40. The van der Waals surface area contributed by atoms with Crippen LogP contribution in [0.2, 0.25) is 0 Å².